The van der Waals surface area contributed by atoms with Crippen LogP contribution in [0, 0.1) is 18.7 Å². The molecule has 0 saturated carbocycles. The third-order valence-corrected chi connectivity index (χ3v) is 8.38. The molecule has 0 aliphatic carbocycles. The van der Waals surface area contributed by atoms with Crippen molar-refractivity contribution in [2.75, 3.05) is 6.54 Å². The minimum absolute atomic E-state index is 0.0177. The summed E-state index contributed by atoms with van der Waals surface area (Å²) in [6.45, 7) is 12.1. The van der Waals surface area contributed by atoms with E-state index in [1.807, 2.05) is 39.0 Å². The molecule has 1 aromatic heterocycles. The molecule has 2 aliphatic heterocycles. The Balaban J connectivity index is 1.35. The van der Waals surface area contributed by atoms with Gasteiger partial charge in [-0.25, -0.2) is 9.37 Å². The predicted octanol–water partition coefficient (Wildman–Crippen LogP) is 4.35. The van der Waals surface area contributed by atoms with E-state index in [1.165, 1.54) is 22.3 Å². The SMILES string of the molecule is Cc1ncoc1-c1ccc(CNC(=O)[C@@H]2C[C@@H](O)CN2C(=O)[C@H](C(C)C)N2Cc3cccc(F)c3C2=O)c(C(C)(C)C)c1. The number of β-amino-alcohol motifs (C(OH)–C–C–N with tert-alkyl or cyclic N) is 1. The standard InChI is InChI=1S/C33H39FN4O5/c1-18(2)28(38-15-22-8-7-9-25(34)27(22)31(38)41)32(42)37-16-23(39)13-26(37)30(40)35-14-21-11-10-20(12-24(21)33(4,5)6)29-19(3)36-17-43-29/h7-12,17-18,23,26,28,39H,13-16H2,1-6H3,(H,35,40)/t23-,26+,28+/m1/s1. The molecule has 0 unspecified atom stereocenters. The molecule has 1 saturated heterocycles. The van der Waals surface area contributed by atoms with E-state index in [-0.39, 0.29) is 48.9 Å². The third-order valence-electron chi connectivity index (χ3n) is 8.38. The fraction of sp³-hybridized carbons (Fsp3) is 0.455. The number of aryl methyl sites for hydroxylation is 1. The van der Waals surface area contributed by atoms with Gasteiger partial charge in [-0.05, 0) is 47.1 Å². The Hall–Kier alpha value is -4.05. The Morgan fingerprint density at radius 3 is 2.58 bits per heavy atom. The first-order chi connectivity index (χ1) is 20.3. The van der Waals surface area contributed by atoms with Crippen molar-refractivity contribution >= 4 is 17.7 Å². The van der Waals surface area contributed by atoms with Crippen molar-refractivity contribution in [3.63, 3.8) is 0 Å². The van der Waals surface area contributed by atoms with E-state index < -0.39 is 35.8 Å². The van der Waals surface area contributed by atoms with Crippen molar-refractivity contribution in [2.45, 2.75) is 84.7 Å². The lowest BCUT2D eigenvalue weighted by molar-refractivity contribution is -0.143. The lowest BCUT2D eigenvalue weighted by Gasteiger charge is -2.35. The van der Waals surface area contributed by atoms with Gasteiger partial charge >= 0.3 is 0 Å². The van der Waals surface area contributed by atoms with Gasteiger partial charge in [-0.1, -0.05) is 58.9 Å². The van der Waals surface area contributed by atoms with Crippen LogP contribution in [0.2, 0.25) is 0 Å². The van der Waals surface area contributed by atoms with Crippen LogP contribution in [-0.2, 0) is 28.1 Å². The van der Waals surface area contributed by atoms with Crippen LogP contribution in [0.15, 0.2) is 47.2 Å². The van der Waals surface area contributed by atoms with E-state index in [2.05, 4.69) is 31.1 Å². The summed E-state index contributed by atoms with van der Waals surface area (Å²) in [5.41, 5.74) is 3.90. The molecule has 228 valence electrons. The summed E-state index contributed by atoms with van der Waals surface area (Å²) in [4.78, 5) is 47.7. The largest absolute Gasteiger partial charge is 0.443 e. The molecule has 43 heavy (non-hydrogen) atoms. The Kier molecular flexibility index (Phi) is 8.17. The molecular formula is C33H39FN4O5. The molecule has 0 spiro atoms. The number of aromatic nitrogens is 1. The monoisotopic (exact) mass is 590 g/mol. The maximum absolute atomic E-state index is 14.5. The van der Waals surface area contributed by atoms with Crippen LogP contribution in [0.3, 0.4) is 0 Å². The highest BCUT2D eigenvalue weighted by molar-refractivity contribution is 6.02. The van der Waals surface area contributed by atoms with Gasteiger partial charge in [0.05, 0.1) is 17.4 Å². The van der Waals surface area contributed by atoms with Crippen LogP contribution in [0.5, 0.6) is 0 Å². The average molecular weight is 591 g/mol. The van der Waals surface area contributed by atoms with Crippen molar-refractivity contribution in [2.24, 2.45) is 5.92 Å². The van der Waals surface area contributed by atoms with Crippen LogP contribution in [0.1, 0.15) is 73.8 Å². The van der Waals surface area contributed by atoms with Gasteiger partial charge in [-0.15, -0.1) is 0 Å². The van der Waals surface area contributed by atoms with Crippen LogP contribution < -0.4 is 5.32 Å². The van der Waals surface area contributed by atoms with E-state index in [1.54, 1.807) is 12.1 Å². The molecule has 5 rings (SSSR count). The first kappa shape index (κ1) is 30.4. The minimum Gasteiger partial charge on any atom is -0.443 e. The second kappa shape index (κ2) is 11.6. The van der Waals surface area contributed by atoms with Gasteiger partial charge in [0.25, 0.3) is 5.91 Å². The molecule has 2 N–H and O–H groups in total. The zero-order valence-electron chi connectivity index (χ0n) is 25.5. The number of nitrogens with zero attached hydrogens (tertiary/aromatic N) is 3. The predicted molar refractivity (Wildman–Crippen MR) is 158 cm³/mol. The molecule has 3 heterocycles. The second-order valence-electron chi connectivity index (χ2n) is 12.9. The molecule has 3 aromatic rings. The van der Waals surface area contributed by atoms with E-state index in [0.717, 1.165) is 22.4 Å². The Morgan fingerprint density at radius 1 is 1.21 bits per heavy atom. The van der Waals surface area contributed by atoms with E-state index >= 15 is 0 Å². The smallest absolute Gasteiger partial charge is 0.258 e. The molecule has 3 atom stereocenters. The number of hydrogen-bond donors (Lipinski definition) is 2. The zero-order chi connectivity index (χ0) is 31.2. The zero-order valence-corrected chi connectivity index (χ0v) is 25.5. The summed E-state index contributed by atoms with van der Waals surface area (Å²) >= 11 is 0. The summed E-state index contributed by atoms with van der Waals surface area (Å²) < 4.78 is 20.1. The first-order valence-electron chi connectivity index (χ1n) is 14.7. The maximum Gasteiger partial charge on any atom is 0.258 e. The third kappa shape index (κ3) is 5.80. The fourth-order valence-electron chi connectivity index (χ4n) is 6.27. The Morgan fingerprint density at radius 2 is 1.95 bits per heavy atom. The number of carbonyl (C=O) groups excluding carboxylic acids is 3. The van der Waals surface area contributed by atoms with E-state index in [4.69, 9.17) is 4.42 Å². The molecule has 10 heteroatoms. The summed E-state index contributed by atoms with van der Waals surface area (Å²) in [7, 11) is 0. The number of benzene rings is 2. The lowest BCUT2D eigenvalue weighted by Crippen LogP contribution is -2.55. The number of nitrogens with one attached hydrogen (secondary N) is 1. The van der Waals surface area contributed by atoms with Gasteiger partial charge in [0.1, 0.15) is 17.9 Å². The van der Waals surface area contributed by atoms with Crippen LogP contribution >= 0.6 is 0 Å². The van der Waals surface area contributed by atoms with E-state index in [0.29, 0.717) is 11.3 Å². The molecule has 2 aliphatic rings. The van der Waals surface area contributed by atoms with Gasteiger partial charge in [-0.2, -0.15) is 0 Å². The number of aliphatic hydroxyl groups is 1. The van der Waals surface area contributed by atoms with Gasteiger partial charge in [0.2, 0.25) is 11.8 Å². The second-order valence-corrected chi connectivity index (χ2v) is 12.9. The Labute approximate surface area is 251 Å². The summed E-state index contributed by atoms with van der Waals surface area (Å²) in [5.74, 6) is -1.60. The summed E-state index contributed by atoms with van der Waals surface area (Å²) in [5, 5.41) is 13.5. The number of aliphatic hydroxyl groups excluding tert-OH is 1. The normalized spacial score (nSPS) is 19.2. The van der Waals surface area contributed by atoms with Crippen molar-refractivity contribution in [1.29, 1.82) is 0 Å². The maximum atomic E-state index is 14.5. The molecule has 3 amide bonds. The topological polar surface area (TPSA) is 116 Å². The molecular weight excluding hydrogens is 551 g/mol. The highest BCUT2D eigenvalue weighted by atomic mass is 19.1. The molecule has 1 fully saturated rings. The highest BCUT2D eigenvalue weighted by Gasteiger charge is 2.46. The number of amides is 3. The summed E-state index contributed by atoms with van der Waals surface area (Å²) in [6.07, 6.45) is 0.617. The first-order valence-corrected chi connectivity index (χ1v) is 14.7. The fourth-order valence-corrected chi connectivity index (χ4v) is 6.27. The number of likely N-dealkylation sites (tertiary alicyclic amines) is 1. The number of carbonyl (C=O) groups is 3. The molecule has 0 radical (unpaired) electrons. The minimum atomic E-state index is -0.917. The van der Waals surface area contributed by atoms with Crippen molar-refractivity contribution < 1.29 is 28.3 Å². The molecule has 9 nitrogen and oxygen atoms in total. The number of oxazole rings is 1. The Bertz CT molecular complexity index is 1560. The summed E-state index contributed by atoms with van der Waals surface area (Å²) in [6, 6.07) is 8.56. The number of hydrogen-bond acceptors (Lipinski definition) is 6. The average Bonchev–Trinajstić information content (AvgIpc) is 3.64. The molecule has 2 aromatic carbocycles. The number of halogens is 1. The quantitative estimate of drug-likeness (QED) is 0.423. The van der Waals surface area contributed by atoms with E-state index in [9.17, 15) is 23.9 Å². The van der Waals surface area contributed by atoms with Gasteiger partial charge in [0.15, 0.2) is 12.2 Å². The van der Waals surface area contributed by atoms with Crippen LogP contribution in [0.25, 0.3) is 11.3 Å². The van der Waals surface area contributed by atoms with Gasteiger partial charge in [0, 0.05) is 31.6 Å². The number of fused-ring (bicyclic) bond motifs is 1. The molecule has 0 bridgehead atoms. The van der Waals surface area contributed by atoms with Crippen molar-refractivity contribution in [3.8, 4) is 11.3 Å². The van der Waals surface area contributed by atoms with Crippen molar-refractivity contribution in [3.05, 3.63) is 76.6 Å². The number of rotatable bonds is 7. The van der Waals surface area contributed by atoms with Crippen molar-refractivity contribution in [1.82, 2.24) is 20.1 Å². The van der Waals surface area contributed by atoms with Gasteiger partial charge in [-0.3, -0.25) is 14.4 Å². The van der Waals surface area contributed by atoms with Crippen LogP contribution in [0.4, 0.5) is 4.39 Å². The van der Waals surface area contributed by atoms with Gasteiger partial charge < -0.3 is 24.6 Å². The highest BCUT2D eigenvalue weighted by Crippen LogP contribution is 2.33. The van der Waals surface area contributed by atoms with Crippen LogP contribution in [-0.4, -0.2) is 62.3 Å². The lowest BCUT2D eigenvalue weighted by atomic mass is 9.82.